The largest absolute Gasteiger partial charge is 0.398 e. The standard InChI is InChI=1S/C11H15N3O3S/c1-7-3-2-4-9(12)11(7)18(16,17)14-8-5-10(15)13-6-8/h2-4,8,14H,5-6,12H2,1H3,(H,13,15). The molecule has 98 valence electrons. The zero-order chi connectivity index (χ0) is 13.3. The average molecular weight is 269 g/mol. The van der Waals surface area contributed by atoms with Crippen molar-refractivity contribution in [2.45, 2.75) is 24.3 Å². The molecule has 6 nitrogen and oxygen atoms in total. The highest BCUT2D eigenvalue weighted by molar-refractivity contribution is 7.89. The van der Waals surface area contributed by atoms with Crippen molar-refractivity contribution < 1.29 is 13.2 Å². The van der Waals surface area contributed by atoms with Gasteiger partial charge in [0, 0.05) is 19.0 Å². The number of benzene rings is 1. The van der Waals surface area contributed by atoms with Crippen LogP contribution < -0.4 is 15.8 Å². The number of hydrogen-bond acceptors (Lipinski definition) is 4. The van der Waals surface area contributed by atoms with Gasteiger partial charge in [0.2, 0.25) is 15.9 Å². The quantitative estimate of drug-likeness (QED) is 0.658. The maximum atomic E-state index is 12.2. The van der Waals surface area contributed by atoms with E-state index in [2.05, 4.69) is 10.0 Å². The highest BCUT2D eigenvalue weighted by atomic mass is 32.2. The summed E-state index contributed by atoms with van der Waals surface area (Å²) < 4.78 is 26.9. The number of anilines is 1. The van der Waals surface area contributed by atoms with Gasteiger partial charge in [-0.25, -0.2) is 13.1 Å². The van der Waals surface area contributed by atoms with Gasteiger partial charge in [-0.15, -0.1) is 0 Å². The Labute approximate surface area is 106 Å². The zero-order valence-corrected chi connectivity index (χ0v) is 10.8. The zero-order valence-electron chi connectivity index (χ0n) is 9.93. The van der Waals surface area contributed by atoms with Crippen LogP contribution in [0.3, 0.4) is 0 Å². The molecule has 2 rings (SSSR count). The molecule has 1 atom stereocenters. The number of amides is 1. The molecule has 1 saturated heterocycles. The molecule has 1 aromatic rings. The monoisotopic (exact) mass is 269 g/mol. The molecule has 0 aliphatic carbocycles. The Kier molecular flexibility index (Phi) is 3.27. The number of nitrogens with two attached hydrogens (primary N) is 1. The number of nitrogen functional groups attached to an aromatic ring is 1. The van der Waals surface area contributed by atoms with E-state index in [4.69, 9.17) is 5.73 Å². The number of carbonyl (C=O) groups excluding carboxylic acids is 1. The van der Waals surface area contributed by atoms with Crippen molar-refractivity contribution in [1.29, 1.82) is 0 Å². The number of aryl methyl sites for hydroxylation is 1. The van der Waals surface area contributed by atoms with E-state index in [9.17, 15) is 13.2 Å². The van der Waals surface area contributed by atoms with Gasteiger partial charge in [-0.3, -0.25) is 4.79 Å². The molecule has 1 aromatic carbocycles. The lowest BCUT2D eigenvalue weighted by molar-refractivity contribution is -0.119. The lowest BCUT2D eigenvalue weighted by atomic mass is 10.2. The van der Waals surface area contributed by atoms with Crippen molar-refractivity contribution in [2.75, 3.05) is 12.3 Å². The van der Waals surface area contributed by atoms with Crippen LogP contribution in [0.4, 0.5) is 5.69 Å². The van der Waals surface area contributed by atoms with E-state index in [-0.39, 0.29) is 22.9 Å². The van der Waals surface area contributed by atoms with Crippen molar-refractivity contribution in [3.63, 3.8) is 0 Å². The van der Waals surface area contributed by atoms with Crippen molar-refractivity contribution in [3.05, 3.63) is 23.8 Å². The van der Waals surface area contributed by atoms with Gasteiger partial charge in [-0.1, -0.05) is 12.1 Å². The van der Waals surface area contributed by atoms with E-state index in [1.807, 2.05) is 0 Å². The maximum absolute atomic E-state index is 12.2. The average Bonchev–Trinajstić information content (AvgIpc) is 2.62. The smallest absolute Gasteiger partial charge is 0.243 e. The van der Waals surface area contributed by atoms with Crippen LogP contribution in [-0.4, -0.2) is 26.9 Å². The van der Waals surface area contributed by atoms with Crippen LogP contribution >= 0.6 is 0 Å². The van der Waals surface area contributed by atoms with Crippen molar-refractivity contribution in [1.82, 2.24) is 10.0 Å². The third-order valence-electron chi connectivity index (χ3n) is 2.81. The van der Waals surface area contributed by atoms with Gasteiger partial charge in [-0.05, 0) is 18.6 Å². The van der Waals surface area contributed by atoms with Gasteiger partial charge in [0.05, 0.1) is 5.69 Å². The molecule has 0 radical (unpaired) electrons. The van der Waals surface area contributed by atoms with Crippen molar-refractivity contribution in [2.24, 2.45) is 0 Å². The van der Waals surface area contributed by atoms with Crippen molar-refractivity contribution >= 4 is 21.6 Å². The third-order valence-corrected chi connectivity index (χ3v) is 4.55. The van der Waals surface area contributed by atoms with Gasteiger partial charge >= 0.3 is 0 Å². The molecular formula is C11H15N3O3S. The summed E-state index contributed by atoms with van der Waals surface area (Å²) in [5, 5.41) is 2.58. The molecule has 1 aliphatic rings. The summed E-state index contributed by atoms with van der Waals surface area (Å²) in [6.07, 6.45) is 0.158. The summed E-state index contributed by atoms with van der Waals surface area (Å²) in [5.41, 5.74) is 6.50. The van der Waals surface area contributed by atoms with Crippen LogP contribution in [0.25, 0.3) is 0 Å². The molecule has 1 fully saturated rings. The van der Waals surface area contributed by atoms with Crippen LogP contribution in [-0.2, 0) is 14.8 Å². The van der Waals surface area contributed by atoms with Crippen LogP contribution in [0.5, 0.6) is 0 Å². The van der Waals surface area contributed by atoms with Gasteiger partial charge in [0.25, 0.3) is 0 Å². The Morgan fingerprint density at radius 3 is 2.72 bits per heavy atom. The predicted molar refractivity (Wildman–Crippen MR) is 67.3 cm³/mol. The normalized spacial score (nSPS) is 19.8. The van der Waals surface area contributed by atoms with Crippen LogP contribution in [0.2, 0.25) is 0 Å². The predicted octanol–water partition coefficient (Wildman–Crippen LogP) is -0.256. The Bertz CT molecular complexity index is 563. The fourth-order valence-corrected chi connectivity index (χ4v) is 3.60. The van der Waals surface area contributed by atoms with Gasteiger partial charge in [0.15, 0.2) is 0 Å². The first-order chi connectivity index (χ1) is 8.40. The van der Waals surface area contributed by atoms with E-state index in [1.165, 1.54) is 0 Å². The van der Waals surface area contributed by atoms with Crippen LogP contribution in [0.15, 0.2) is 23.1 Å². The molecule has 0 bridgehead atoms. The molecule has 1 heterocycles. The minimum absolute atomic E-state index is 0.0874. The molecule has 0 aromatic heterocycles. The number of rotatable bonds is 3. The second-order valence-electron chi connectivity index (χ2n) is 4.32. The molecule has 1 unspecified atom stereocenters. The summed E-state index contributed by atoms with van der Waals surface area (Å²) in [4.78, 5) is 11.1. The minimum atomic E-state index is -3.70. The van der Waals surface area contributed by atoms with Crippen LogP contribution in [0, 0.1) is 6.92 Å². The number of carbonyl (C=O) groups is 1. The first kappa shape index (κ1) is 12.8. The summed E-state index contributed by atoms with van der Waals surface area (Å²) in [6.45, 7) is 1.99. The minimum Gasteiger partial charge on any atom is -0.398 e. The molecule has 7 heteroatoms. The van der Waals surface area contributed by atoms with Crippen molar-refractivity contribution in [3.8, 4) is 0 Å². The molecule has 1 amide bonds. The SMILES string of the molecule is Cc1cccc(N)c1S(=O)(=O)NC1CNC(=O)C1. The fraction of sp³-hybridized carbons (Fsp3) is 0.364. The number of hydrogen-bond donors (Lipinski definition) is 3. The number of nitrogens with one attached hydrogen (secondary N) is 2. The van der Waals surface area contributed by atoms with E-state index >= 15 is 0 Å². The first-order valence-electron chi connectivity index (χ1n) is 5.54. The van der Waals surface area contributed by atoms with Crippen LogP contribution in [0.1, 0.15) is 12.0 Å². The topological polar surface area (TPSA) is 101 Å². The second kappa shape index (κ2) is 4.58. The molecule has 0 saturated carbocycles. The van der Waals surface area contributed by atoms with Gasteiger partial charge < -0.3 is 11.1 Å². The Morgan fingerprint density at radius 2 is 2.17 bits per heavy atom. The molecule has 18 heavy (non-hydrogen) atoms. The highest BCUT2D eigenvalue weighted by Crippen LogP contribution is 2.22. The Morgan fingerprint density at radius 1 is 1.44 bits per heavy atom. The Hall–Kier alpha value is -1.60. The lowest BCUT2D eigenvalue weighted by Gasteiger charge is -2.14. The third kappa shape index (κ3) is 2.46. The van der Waals surface area contributed by atoms with E-state index < -0.39 is 16.1 Å². The molecule has 4 N–H and O–H groups in total. The van der Waals surface area contributed by atoms with E-state index in [0.29, 0.717) is 12.1 Å². The maximum Gasteiger partial charge on any atom is 0.243 e. The molecule has 1 aliphatic heterocycles. The Balaban J connectivity index is 2.28. The summed E-state index contributed by atoms with van der Waals surface area (Å²) in [7, 11) is -3.70. The first-order valence-corrected chi connectivity index (χ1v) is 7.02. The highest BCUT2D eigenvalue weighted by Gasteiger charge is 2.28. The van der Waals surface area contributed by atoms with E-state index in [1.54, 1.807) is 25.1 Å². The number of sulfonamides is 1. The molecular weight excluding hydrogens is 254 g/mol. The van der Waals surface area contributed by atoms with Gasteiger partial charge in [-0.2, -0.15) is 0 Å². The van der Waals surface area contributed by atoms with Gasteiger partial charge in [0.1, 0.15) is 4.90 Å². The summed E-state index contributed by atoms with van der Waals surface area (Å²) in [6, 6.07) is 4.51. The summed E-state index contributed by atoms with van der Waals surface area (Å²) in [5.74, 6) is -0.152. The lowest BCUT2D eigenvalue weighted by Crippen LogP contribution is -2.36. The summed E-state index contributed by atoms with van der Waals surface area (Å²) >= 11 is 0. The second-order valence-corrected chi connectivity index (χ2v) is 5.97. The molecule has 0 spiro atoms. The van der Waals surface area contributed by atoms with E-state index in [0.717, 1.165) is 0 Å². The fourth-order valence-electron chi connectivity index (χ4n) is 2.01.